The van der Waals surface area contributed by atoms with Crippen LogP contribution in [-0.2, 0) is 61.3 Å². The molecule has 7 atom stereocenters. The van der Waals surface area contributed by atoms with Gasteiger partial charge in [0.25, 0.3) is 5.91 Å². The molecule has 1 amide bonds. The molecule has 0 spiro atoms. The van der Waals surface area contributed by atoms with Crippen LogP contribution in [0.2, 0.25) is 0 Å². The van der Waals surface area contributed by atoms with Crippen molar-refractivity contribution in [1.82, 2.24) is 5.32 Å². The van der Waals surface area contributed by atoms with Gasteiger partial charge in [0.05, 0.1) is 25.9 Å². The van der Waals surface area contributed by atoms with Gasteiger partial charge in [-0.3, -0.25) is 4.79 Å². The first-order valence-electron chi connectivity index (χ1n) is 19.8. The maximum absolute atomic E-state index is 13.7. The van der Waals surface area contributed by atoms with Gasteiger partial charge in [-0.25, -0.2) is 4.79 Å². The Morgan fingerprint density at radius 3 is 1.79 bits per heavy atom. The number of carbonyl (C=O) groups excluding carboxylic acids is 2. The van der Waals surface area contributed by atoms with Gasteiger partial charge < -0.3 is 34.1 Å². The number of hydrogen-bond acceptors (Lipinski definition) is 8. The lowest BCUT2D eigenvalue weighted by Gasteiger charge is -2.53. The lowest BCUT2D eigenvalue weighted by Crippen LogP contribution is -2.68. The quantitative estimate of drug-likeness (QED) is 0.104. The van der Waals surface area contributed by atoms with Crippen LogP contribution in [0.15, 0.2) is 140 Å². The van der Waals surface area contributed by atoms with Gasteiger partial charge in [0.15, 0.2) is 0 Å². The van der Waals surface area contributed by atoms with E-state index >= 15 is 0 Å². The normalized spacial score (nSPS) is 23.5. The number of aliphatic hydroxyl groups is 1. The Balaban J connectivity index is 1.18. The molecule has 2 N–H and O–H groups in total. The molecule has 1 heterocycles. The van der Waals surface area contributed by atoms with Crippen molar-refractivity contribution >= 4 is 11.9 Å². The minimum atomic E-state index is -1.87. The lowest BCUT2D eigenvalue weighted by molar-refractivity contribution is -0.372. The second-order valence-electron chi connectivity index (χ2n) is 15.0. The van der Waals surface area contributed by atoms with E-state index in [1.165, 1.54) is 0 Å². The highest BCUT2D eigenvalue weighted by atomic mass is 16.7. The van der Waals surface area contributed by atoms with Crippen molar-refractivity contribution in [2.24, 2.45) is 0 Å². The van der Waals surface area contributed by atoms with Crippen molar-refractivity contribution in [3.63, 3.8) is 0 Å². The second kappa shape index (κ2) is 18.9. The van der Waals surface area contributed by atoms with E-state index in [0.29, 0.717) is 18.6 Å². The van der Waals surface area contributed by atoms with Crippen LogP contribution in [0.25, 0.3) is 0 Å². The topological polar surface area (TPSA) is 113 Å². The third kappa shape index (κ3) is 9.87. The molecule has 296 valence electrons. The van der Waals surface area contributed by atoms with E-state index < -0.39 is 54.0 Å². The van der Waals surface area contributed by atoms with E-state index in [1.807, 2.05) is 140 Å². The van der Waals surface area contributed by atoms with Gasteiger partial charge in [0.2, 0.25) is 5.79 Å². The number of hydrogen-bond donors (Lipinski definition) is 2. The van der Waals surface area contributed by atoms with Crippen molar-refractivity contribution in [3.8, 4) is 0 Å². The van der Waals surface area contributed by atoms with Gasteiger partial charge >= 0.3 is 5.97 Å². The van der Waals surface area contributed by atoms with Crippen LogP contribution in [-0.4, -0.2) is 53.2 Å². The molecule has 1 fully saturated rings. The molecular weight excluding hydrogens is 719 g/mol. The predicted octanol–water partition coefficient (Wildman–Crippen LogP) is 7.83. The van der Waals surface area contributed by atoms with E-state index in [4.69, 9.17) is 23.7 Å². The van der Waals surface area contributed by atoms with Crippen LogP contribution in [0.1, 0.15) is 76.3 Å². The first-order valence-corrected chi connectivity index (χ1v) is 19.8. The zero-order valence-electron chi connectivity index (χ0n) is 32.5. The summed E-state index contributed by atoms with van der Waals surface area (Å²) in [5.74, 6) is -3.41. The summed E-state index contributed by atoms with van der Waals surface area (Å²) in [7, 11) is 0. The number of esters is 1. The Bertz CT molecular complexity index is 2050. The van der Waals surface area contributed by atoms with Gasteiger partial charge in [0, 0.05) is 11.5 Å². The van der Waals surface area contributed by atoms with Gasteiger partial charge in [-0.05, 0) is 78.6 Å². The molecule has 5 aromatic carbocycles. The number of rotatable bonds is 15. The number of benzene rings is 5. The zero-order chi connectivity index (χ0) is 39.6. The monoisotopic (exact) mass is 769 g/mol. The molecule has 1 aliphatic heterocycles. The summed E-state index contributed by atoms with van der Waals surface area (Å²) in [6.07, 6.45) is -0.794. The van der Waals surface area contributed by atoms with E-state index in [1.54, 1.807) is 13.0 Å². The second-order valence-corrected chi connectivity index (χ2v) is 15.0. The number of ether oxygens (including phenoxy) is 5. The molecule has 57 heavy (non-hydrogen) atoms. The largest absolute Gasteiger partial charge is 0.459 e. The van der Waals surface area contributed by atoms with Crippen LogP contribution < -0.4 is 5.32 Å². The standard InChI is InChI=1S/C48H51NO8/c1-33(47(51)56-32-38-22-13-6-14-23-38)49-46(50)40-27-26-39-24-15-25-42(41(39)28-40)48(52)45(55-31-37-20-11-5-12-21-37)44(54-30-36-18-9-4-10-19-36)43(34(2)57-48)53-29-35-16-7-3-8-17-35/h3-14,16-23,26-28,33-34,42-45,52H,15,24-25,29-32H2,1-2H3,(H,49,50)/t33-,34+,42-,43-,44-,45+,48-/m1/s1. The number of aryl methyl sites for hydroxylation is 1. The first-order chi connectivity index (χ1) is 27.8. The summed E-state index contributed by atoms with van der Waals surface area (Å²) in [5.41, 5.74) is 5.92. The highest BCUT2D eigenvalue weighted by Crippen LogP contribution is 2.48. The summed E-state index contributed by atoms with van der Waals surface area (Å²) < 4.78 is 32.5. The fraction of sp³-hybridized carbons (Fsp3) is 0.333. The van der Waals surface area contributed by atoms with Crippen LogP contribution in [0.3, 0.4) is 0 Å². The van der Waals surface area contributed by atoms with Crippen molar-refractivity contribution < 1.29 is 38.4 Å². The Labute approximate surface area is 334 Å². The third-order valence-electron chi connectivity index (χ3n) is 10.9. The smallest absolute Gasteiger partial charge is 0.328 e. The molecular formula is C48H51NO8. The average molecular weight is 770 g/mol. The van der Waals surface area contributed by atoms with E-state index in [2.05, 4.69) is 5.32 Å². The van der Waals surface area contributed by atoms with Crippen LogP contribution in [0, 0.1) is 0 Å². The SMILES string of the molecule is C[C@@H]1O[C@](O)([C@@H]2CCCc3ccc(C(=O)N[C@H](C)C(=O)OCc4ccccc4)cc32)[C@@H](OCc2ccccc2)[C@H](OCc2ccccc2)[C@@H]1OCc1ccccc1. The number of amides is 1. The Kier molecular flexibility index (Phi) is 13.2. The van der Waals surface area contributed by atoms with Crippen molar-refractivity contribution in [1.29, 1.82) is 0 Å². The van der Waals surface area contributed by atoms with Gasteiger partial charge in [0.1, 0.15) is 31.0 Å². The van der Waals surface area contributed by atoms with E-state index in [-0.39, 0.29) is 19.8 Å². The van der Waals surface area contributed by atoms with Crippen molar-refractivity contribution in [2.45, 2.75) is 102 Å². The van der Waals surface area contributed by atoms with Gasteiger partial charge in [-0.15, -0.1) is 0 Å². The summed E-state index contributed by atoms with van der Waals surface area (Å²) in [4.78, 5) is 26.5. The van der Waals surface area contributed by atoms with E-state index in [9.17, 15) is 14.7 Å². The Morgan fingerprint density at radius 2 is 1.23 bits per heavy atom. The summed E-state index contributed by atoms with van der Waals surface area (Å²) >= 11 is 0. The van der Waals surface area contributed by atoms with E-state index in [0.717, 1.165) is 46.2 Å². The van der Waals surface area contributed by atoms with Crippen LogP contribution in [0.4, 0.5) is 0 Å². The lowest BCUT2D eigenvalue weighted by atomic mass is 9.73. The summed E-state index contributed by atoms with van der Waals surface area (Å²) in [6.45, 7) is 4.40. The molecule has 0 aromatic heterocycles. The zero-order valence-corrected chi connectivity index (χ0v) is 32.5. The maximum Gasteiger partial charge on any atom is 0.328 e. The fourth-order valence-electron chi connectivity index (χ4n) is 7.87. The maximum atomic E-state index is 13.7. The number of carbonyl (C=O) groups is 2. The fourth-order valence-corrected chi connectivity index (χ4v) is 7.87. The molecule has 0 saturated carbocycles. The predicted molar refractivity (Wildman–Crippen MR) is 216 cm³/mol. The molecule has 2 aliphatic rings. The minimum Gasteiger partial charge on any atom is -0.459 e. The molecule has 0 radical (unpaired) electrons. The molecule has 7 rings (SSSR count). The first kappa shape index (κ1) is 40.1. The molecule has 0 unspecified atom stereocenters. The van der Waals surface area contributed by atoms with Crippen molar-refractivity contribution in [2.75, 3.05) is 0 Å². The third-order valence-corrected chi connectivity index (χ3v) is 10.9. The molecule has 1 aliphatic carbocycles. The minimum absolute atomic E-state index is 0.110. The molecule has 9 nitrogen and oxygen atoms in total. The van der Waals surface area contributed by atoms with Crippen LogP contribution >= 0.6 is 0 Å². The Hall–Kier alpha value is -5.16. The van der Waals surface area contributed by atoms with Gasteiger partial charge in [-0.2, -0.15) is 0 Å². The van der Waals surface area contributed by atoms with Crippen LogP contribution in [0.5, 0.6) is 0 Å². The van der Waals surface area contributed by atoms with Crippen molar-refractivity contribution in [3.05, 3.63) is 178 Å². The average Bonchev–Trinajstić information content (AvgIpc) is 3.25. The molecule has 5 aromatic rings. The summed E-state index contributed by atoms with van der Waals surface area (Å²) in [5, 5.41) is 16.0. The molecule has 9 heteroatoms. The number of fused-ring (bicyclic) bond motifs is 1. The highest BCUT2D eigenvalue weighted by Gasteiger charge is 2.59. The Morgan fingerprint density at radius 1 is 0.719 bits per heavy atom. The number of nitrogens with one attached hydrogen (secondary N) is 1. The molecule has 1 saturated heterocycles. The molecule has 0 bridgehead atoms. The highest BCUT2D eigenvalue weighted by molar-refractivity contribution is 5.97. The van der Waals surface area contributed by atoms with Gasteiger partial charge in [-0.1, -0.05) is 127 Å². The summed E-state index contributed by atoms with van der Waals surface area (Å²) in [6, 6.07) is 43.7.